The first kappa shape index (κ1) is 16.2. The van der Waals surface area contributed by atoms with E-state index in [1.54, 1.807) is 13.2 Å². The highest BCUT2D eigenvalue weighted by molar-refractivity contribution is 5.40. The Kier molecular flexibility index (Phi) is 5.67. The summed E-state index contributed by atoms with van der Waals surface area (Å²) in [6.45, 7) is 3.00. The molecule has 0 saturated carbocycles. The van der Waals surface area contributed by atoms with Gasteiger partial charge in [-0.3, -0.25) is 0 Å². The standard InChI is InChI=1S/C18H23NO3/c1-13(15-6-3-7-16(12-15)22-2)19-10-4-5-14-8-9-17(20)18(21)11-14/h3,6-9,11-13,19-21H,4-5,10H2,1-2H3/t13-/m0/s1. The van der Waals surface area contributed by atoms with Crippen LogP contribution in [0.2, 0.25) is 0 Å². The maximum absolute atomic E-state index is 9.47. The first-order chi connectivity index (χ1) is 10.6. The molecule has 22 heavy (non-hydrogen) atoms. The van der Waals surface area contributed by atoms with Crippen LogP contribution in [0.5, 0.6) is 17.2 Å². The van der Waals surface area contributed by atoms with Crippen molar-refractivity contribution in [1.82, 2.24) is 5.32 Å². The first-order valence-electron chi connectivity index (χ1n) is 7.48. The van der Waals surface area contributed by atoms with Crippen molar-refractivity contribution in [2.24, 2.45) is 0 Å². The molecule has 2 aromatic carbocycles. The van der Waals surface area contributed by atoms with Crippen LogP contribution in [0.1, 0.15) is 30.5 Å². The minimum Gasteiger partial charge on any atom is -0.504 e. The largest absolute Gasteiger partial charge is 0.504 e. The average Bonchev–Trinajstić information content (AvgIpc) is 2.54. The molecule has 4 nitrogen and oxygen atoms in total. The molecule has 0 aliphatic carbocycles. The van der Waals surface area contributed by atoms with Crippen LogP contribution in [0, 0.1) is 0 Å². The van der Waals surface area contributed by atoms with Gasteiger partial charge in [0, 0.05) is 6.04 Å². The Hall–Kier alpha value is -2.20. The lowest BCUT2D eigenvalue weighted by atomic mass is 10.1. The van der Waals surface area contributed by atoms with Gasteiger partial charge >= 0.3 is 0 Å². The quantitative estimate of drug-likeness (QED) is 0.542. The molecule has 2 aromatic rings. The zero-order valence-corrected chi connectivity index (χ0v) is 13.0. The van der Waals surface area contributed by atoms with Crippen molar-refractivity contribution in [2.75, 3.05) is 13.7 Å². The molecule has 0 unspecified atom stereocenters. The summed E-state index contributed by atoms with van der Waals surface area (Å²) in [4.78, 5) is 0. The molecule has 0 heterocycles. The molecule has 1 atom stereocenters. The van der Waals surface area contributed by atoms with Crippen molar-refractivity contribution < 1.29 is 14.9 Å². The number of benzene rings is 2. The van der Waals surface area contributed by atoms with E-state index in [2.05, 4.69) is 18.3 Å². The number of rotatable bonds is 7. The van der Waals surface area contributed by atoms with Gasteiger partial charge < -0.3 is 20.3 Å². The Balaban J connectivity index is 1.79. The Morgan fingerprint density at radius 2 is 1.91 bits per heavy atom. The monoisotopic (exact) mass is 301 g/mol. The molecule has 0 aromatic heterocycles. The third-order valence-corrected chi connectivity index (χ3v) is 3.73. The van der Waals surface area contributed by atoms with E-state index in [0.29, 0.717) is 0 Å². The van der Waals surface area contributed by atoms with Crippen LogP contribution in [0.25, 0.3) is 0 Å². The summed E-state index contributed by atoms with van der Waals surface area (Å²) >= 11 is 0. The van der Waals surface area contributed by atoms with E-state index in [9.17, 15) is 10.2 Å². The zero-order valence-electron chi connectivity index (χ0n) is 13.0. The molecule has 0 aliphatic rings. The van der Waals surface area contributed by atoms with E-state index >= 15 is 0 Å². The van der Waals surface area contributed by atoms with Crippen LogP contribution in [0.15, 0.2) is 42.5 Å². The predicted octanol–water partition coefficient (Wildman–Crippen LogP) is 3.39. The smallest absolute Gasteiger partial charge is 0.157 e. The second-order valence-corrected chi connectivity index (χ2v) is 5.38. The number of aryl methyl sites for hydroxylation is 1. The maximum atomic E-state index is 9.47. The van der Waals surface area contributed by atoms with Crippen molar-refractivity contribution in [3.63, 3.8) is 0 Å². The minimum absolute atomic E-state index is 0.0600. The van der Waals surface area contributed by atoms with Gasteiger partial charge in [0.25, 0.3) is 0 Å². The van der Waals surface area contributed by atoms with Crippen molar-refractivity contribution in [3.8, 4) is 17.2 Å². The Bertz CT molecular complexity index is 613. The number of nitrogens with one attached hydrogen (secondary N) is 1. The van der Waals surface area contributed by atoms with Gasteiger partial charge in [-0.05, 0) is 61.7 Å². The number of phenolic OH excluding ortho intramolecular Hbond substituents is 2. The van der Waals surface area contributed by atoms with Crippen LogP contribution in [-0.4, -0.2) is 23.9 Å². The van der Waals surface area contributed by atoms with Gasteiger partial charge in [-0.1, -0.05) is 18.2 Å². The van der Waals surface area contributed by atoms with Crippen LogP contribution in [0.3, 0.4) is 0 Å². The lowest BCUT2D eigenvalue weighted by Gasteiger charge is -2.15. The lowest BCUT2D eigenvalue weighted by molar-refractivity contribution is 0.403. The summed E-state index contributed by atoms with van der Waals surface area (Å²) in [5.41, 5.74) is 2.22. The van der Waals surface area contributed by atoms with Crippen LogP contribution in [0.4, 0.5) is 0 Å². The number of aromatic hydroxyl groups is 2. The molecule has 0 spiro atoms. The zero-order chi connectivity index (χ0) is 15.9. The predicted molar refractivity (Wildman–Crippen MR) is 87.5 cm³/mol. The number of hydrogen-bond donors (Lipinski definition) is 3. The fraction of sp³-hybridized carbons (Fsp3) is 0.333. The molecule has 0 amide bonds. The molecule has 4 heteroatoms. The summed E-state index contributed by atoms with van der Waals surface area (Å²) in [5, 5.41) is 22.2. The minimum atomic E-state index is -0.0754. The second kappa shape index (κ2) is 7.71. The number of phenols is 2. The summed E-state index contributed by atoms with van der Waals surface area (Å²) in [6.07, 6.45) is 1.81. The fourth-order valence-electron chi connectivity index (χ4n) is 2.36. The normalized spacial score (nSPS) is 12.1. The highest BCUT2D eigenvalue weighted by atomic mass is 16.5. The van der Waals surface area contributed by atoms with Crippen LogP contribution < -0.4 is 10.1 Å². The summed E-state index contributed by atoms with van der Waals surface area (Å²) in [6, 6.07) is 13.3. The van der Waals surface area contributed by atoms with Gasteiger partial charge in [0.2, 0.25) is 0 Å². The lowest BCUT2D eigenvalue weighted by Crippen LogP contribution is -2.20. The fourth-order valence-corrected chi connectivity index (χ4v) is 2.36. The van der Waals surface area contributed by atoms with Crippen molar-refractivity contribution in [3.05, 3.63) is 53.6 Å². The van der Waals surface area contributed by atoms with Crippen molar-refractivity contribution in [2.45, 2.75) is 25.8 Å². The van der Waals surface area contributed by atoms with Crippen LogP contribution >= 0.6 is 0 Å². The highest BCUT2D eigenvalue weighted by Crippen LogP contribution is 2.25. The van der Waals surface area contributed by atoms with E-state index in [0.717, 1.165) is 30.7 Å². The maximum Gasteiger partial charge on any atom is 0.157 e. The Morgan fingerprint density at radius 1 is 1.09 bits per heavy atom. The second-order valence-electron chi connectivity index (χ2n) is 5.38. The van der Waals surface area contributed by atoms with E-state index < -0.39 is 0 Å². The molecule has 0 aliphatic heterocycles. The average molecular weight is 301 g/mol. The summed E-state index contributed by atoms with van der Waals surface area (Å²) in [7, 11) is 1.67. The van der Waals surface area contributed by atoms with E-state index in [4.69, 9.17) is 4.74 Å². The van der Waals surface area contributed by atoms with Gasteiger partial charge in [0.15, 0.2) is 11.5 Å². The number of ether oxygens (including phenoxy) is 1. The third kappa shape index (κ3) is 4.40. The summed E-state index contributed by atoms with van der Waals surface area (Å²) in [5.74, 6) is 0.731. The number of hydrogen-bond acceptors (Lipinski definition) is 4. The molecular weight excluding hydrogens is 278 g/mol. The molecule has 0 radical (unpaired) electrons. The molecule has 0 bridgehead atoms. The molecule has 3 N–H and O–H groups in total. The van der Waals surface area contributed by atoms with Gasteiger partial charge in [0.05, 0.1) is 7.11 Å². The van der Waals surface area contributed by atoms with Gasteiger partial charge in [-0.25, -0.2) is 0 Å². The summed E-state index contributed by atoms with van der Waals surface area (Å²) < 4.78 is 5.24. The molecule has 0 saturated heterocycles. The van der Waals surface area contributed by atoms with Gasteiger partial charge in [0.1, 0.15) is 5.75 Å². The van der Waals surface area contributed by atoms with Crippen LogP contribution in [-0.2, 0) is 6.42 Å². The van der Waals surface area contributed by atoms with Gasteiger partial charge in [-0.2, -0.15) is 0 Å². The Morgan fingerprint density at radius 3 is 2.64 bits per heavy atom. The van der Waals surface area contributed by atoms with E-state index in [-0.39, 0.29) is 17.5 Å². The highest BCUT2D eigenvalue weighted by Gasteiger charge is 2.06. The first-order valence-corrected chi connectivity index (χ1v) is 7.48. The SMILES string of the molecule is COc1cccc([C@H](C)NCCCc2ccc(O)c(O)c2)c1. The van der Waals surface area contributed by atoms with Crippen molar-refractivity contribution >= 4 is 0 Å². The van der Waals surface area contributed by atoms with E-state index in [1.807, 2.05) is 24.3 Å². The Labute approximate surface area is 131 Å². The van der Waals surface area contributed by atoms with Crippen molar-refractivity contribution in [1.29, 1.82) is 0 Å². The third-order valence-electron chi connectivity index (χ3n) is 3.73. The molecule has 118 valence electrons. The molecular formula is C18H23NO3. The molecule has 2 rings (SSSR count). The van der Waals surface area contributed by atoms with E-state index in [1.165, 1.54) is 11.6 Å². The topological polar surface area (TPSA) is 61.7 Å². The number of methoxy groups -OCH3 is 1. The van der Waals surface area contributed by atoms with Gasteiger partial charge in [-0.15, -0.1) is 0 Å². The molecule has 0 fully saturated rings.